The second-order valence-electron chi connectivity index (χ2n) is 6.55. The summed E-state index contributed by atoms with van der Waals surface area (Å²) < 4.78 is 0. The van der Waals surface area contributed by atoms with Gasteiger partial charge in [-0.1, -0.05) is 27.7 Å². The number of nitrogens with zero attached hydrogens (tertiary/aromatic N) is 1. The Bertz CT molecular complexity index is 196. The molecule has 1 fully saturated rings. The molecule has 102 valence electrons. The first kappa shape index (κ1) is 14.9. The summed E-state index contributed by atoms with van der Waals surface area (Å²) in [6.45, 7) is 17.5. The molecule has 1 aliphatic heterocycles. The number of hydrogen-bond donors (Lipinski definition) is 2. The summed E-state index contributed by atoms with van der Waals surface area (Å²) in [5.74, 6) is 0.804. The SMILES string of the molecule is CC(C)CCNCC(C)(C)CN1CCNCC1. The molecule has 3 heteroatoms. The van der Waals surface area contributed by atoms with Gasteiger partial charge in [-0.3, -0.25) is 0 Å². The Morgan fingerprint density at radius 1 is 1.24 bits per heavy atom. The van der Waals surface area contributed by atoms with E-state index in [9.17, 15) is 0 Å². The Hall–Kier alpha value is -0.120. The molecule has 0 aromatic carbocycles. The van der Waals surface area contributed by atoms with Crippen LogP contribution in [-0.4, -0.2) is 50.7 Å². The Kier molecular flexibility index (Phi) is 6.45. The molecule has 0 radical (unpaired) electrons. The van der Waals surface area contributed by atoms with E-state index in [0.29, 0.717) is 5.41 Å². The highest BCUT2D eigenvalue weighted by molar-refractivity contribution is 4.79. The minimum absolute atomic E-state index is 0.383. The molecular weight excluding hydrogens is 210 g/mol. The summed E-state index contributed by atoms with van der Waals surface area (Å²) in [5, 5.41) is 7.01. The molecule has 0 unspecified atom stereocenters. The van der Waals surface area contributed by atoms with Crippen LogP contribution in [0.25, 0.3) is 0 Å². The van der Waals surface area contributed by atoms with Gasteiger partial charge in [-0.25, -0.2) is 0 Å². The molecule has 0 aromatic rings. The van der Waals surface area contributed by atoms with E-state index < -0.39 is 0 Å². The fraction of sp³-hybridized carbons (Fsp3) is 1.00. The lowest BCUT2D eigenvalue weighted by molar-refractivity contribution is 0.158. The van der Waals surface area contributed by atoms with Crippen LogP contribution in [0, 0.1) is 11.3 Å². The van der Waals surface area contributed by atoms with Gasteiger partial charge in [-0.05, 0) is 24.3 Å². The van der Waals surface area contributed by atoms with Crippen LogP contribution in [0.3, 0.4) is 0 Å². The molecule has 0 saturated carbocycles. The molecule has 17 heavy (non-hydrogen) atoms. The predicted molar refractivity (Wildman–Crippen MR) is 75.4 cm³/mol. The second-order valence-corrected chi connectivity index (χ2v) is 6.55. The summed E-state index contributed by atoms with van der Waals surface area (Å²) in [7, 11) is 0. The number of hydrogen-bond acceptors (Lipinski definition) is 3. The summed E-state index contributed by atoms with van der Waals surface area (Å²) >= 11 is 0. The molecule has 0 spiro atoms. The lowest BCUT2D eigenvalue weighted by atomic mass is 9.92. The molecule has 1 rings (SSSR count). The lowest BCUT2D eigenvalue weighted by Gasteiger charge is -2.35. The Labute approximate surface area is 107 Å². The van der Waals surface area contributed by atoms with Crippen molar-refractivity contribution in [3.05, 3.63) is 0 Å². The van der Waals surface area contributed by atoms with E-state index in [1.807, 2.05) is 0 Å². The topological polar surface area (TPSA) is 27.3 Å². The maximum Gasteiger partial charge on any atom is 0.0108 e. The van der Waals surface area contributed by atoms with Gasteiger partial charge in [0, 0.05) is 39.3 Å². The van der Waals surface area contributed by atoms with Gasteiger partial charge < -0.3 is 15.5 Å². The minimum Gasteiger partial charge on any atom is -0.316 e. The molecule has 0 bridgehead atoms. The molecule has 2 N–H and O–H groups in total. The Morgan fingerprint density at radius 3 is 2.47 bits per heavy atom. The van der Waals surface area contributed by atoms with Crippen molar-refractivity contribution >= 4 is 0 Å². The van der Waals surface area contributed by atoms with Crippen LogP contribution < -0.4 is 10.6 Å². The number of nitrogens with one attached hydrogen (secondary N) is 2. The summed E-state index contributed by atoms with van der Waals surface area (Å²) in [5.41, 5.74) is 0.383. The maximum atomic E-state index is 3.60. The van der Waals surface area contributed by atoms with Crippen molar-refractivity contribution in [2.45, 2.75) is 34.1 Å². The third kappa shape index (κ3) is 7.02. The van der Waals surface area contributed by atoms with Crippen LogP contribution in [-0.2, 0) is 0 Å². The van der Waals surface area contributed by atoms with E-state index in [2.05, 4.69) is 43.2 Å². The van der Waals surface area contributed by atoms with E-state index in [0.717, 1.165) is 32.1 Å². The van der Waals surface area contributed by atoms with Gasteiger partial charge in [0.05, 0.1) is 0 Å². The highest BCUT2D eigenvalue weighted by Gasteiger charge is 2.22. The zero-order valence-corrected chi connectivity index (χ0v) is 12.2. The summed E-state index contributed by atoms with van der Waals surface area (Å²) in [6.07, 6.45) is 1.28. The Balaban J connectivity index is 2.15. The molecule has 0 aliphatic carbocycles. The zero-order valence-electron chi connectivity index (χ0n) is 12.2. The van der Waals surface area contributed by atoms with Crippen LogP contribution >= 0.6 is 0 Å². The average molecular weight is 241 g/mol. The predicted octanol–water partition coefficient (Wildman–Crippen LogP) is 1.55. The highest BCUT2D eigenvalue weighted by atomic mass is 15.2. The standard InChI is InChI=1S/C14H31N3/c1-13(2)5-6-16-11-14(3,4)12-17-9-7-15-8-10-17/h13,15-16H,5-12H2,1-4H3. The zero-order chi connectivity index (χ0) is 12.7. The van der Waals surface area contributed by atoms with Gasteiger partial charge in [0.15, 0.2) is 0 Å². The monoisotopic (exact) mass is 241 g/mol. The molecular formula is C14H31N3. The van der Waals surface area contributed by atoms with E-state index in [1.54, 1.807) is 0 Å². The van der Waals surface area contributed by atoms with Crippen molar-refractivity contribution < 1.29 is 0 Å². The van der Waals surface area contributed by atoms with Gasteiger partial charge in [-0.15, -0.1) is 0 Å². The van der Waals surface area contributed by atoms with E-state index in [-0.39, 0.29) is 0 Å². The molecule has 1 aliphatic rings. The molecule has 3 nitrogen and oxygen atoms in total. The van der Waals surface area contributed by atoms with Crippen LogP contribution in [0.1, 0.15) is 34.1 Å². The van der Waals surface area contributed by atoms with Crippen molar-refractivity contribution in [3.8, 4) is 0 Å². The van der Waals surface area contributed by atoms with Crippen LogP contribution in [0.15, 0.2) is 0 Å². The lowest BCUT2D eigenvalue weighted by Crippen LogP contribution is -2.48. The molecule has 1 saturated heterocycles. The van der Waals surface area contributed by atoms with Crippen LogP contribution in [0.2, 0.25) is 0 Å². The number of rotatable bonds is 7. The number of piperazine rings is 1. The smallest absolute Gasteiger partial charge is 0.0108 e. The largest absolute Gasteiger partial charge is 0.316 e. The van der Waals surface area contributed by atoms with E-state index in [1.165, 1.54) is 26.1 Å². The first-order chi connectivity index (χ1) is 7.99. The normalized spacial score (nSPS) is 18.9. The minimum atomic E-state index is 0.383. The van der Waals surface area contributed by atoms with Crippen molar-refractivity contribution in [3.63, 3.8) is 0 Å². The van der Waals surface area contributed by atoms with E-state index in [4.69, 9.17) is 0 Å². The molecule has 0 amide bonds. The van der Waals surface area contributed by atoms with Crippen molar-refractivity contribution in [2.24, 2.45) is 11.3 Å². The average Bonchev–Trinajstić information content (AvgIpc) is 2.25. The molecule has 0 atom stereocenters. The first-order valence-corrected chi connectivity index (χ1v) is 7.13. The molecule has 1 heterocycles. The quantitative estimate of drug-likeness (QED) is 0.662. The fourth-order valence-corrected chi connectivity index (χ4v) is 2.35. The maximum absolute atomic E-state index is 3.60. The van der Waals surface area contributed by atoms with Gasteiger partial charge in [0.2, 0.25) is 0 Å². The first-order valence-electron chi connectivity index (χ1n) is 7.13. The van der Waals surface area contributed by atoms with Crippen molar-refractivity contribution in [1.29, 1.82) is 0 Å². The van der Waals surface area contributed by atoms with Crippen molar-refractivity contribution in [1.82, 2.24) is 15.5 Å². The summed E-state index contributed by atoms with van der Waals surface area (Å²) in [4.78, 5) is 2.58. The van der Waals surface area contributed by atoms with Crippen LogP contribution in [0.5, 0.6) is 0 Å². The molecule has 0 aromatic heterocycles. The van der Waals surface area contributed by atoms with Crippen LogP contribution in [0.4, 0.5) is 0 Å². The van der Waals surface area contributed by atoms with E-state index >= 15 is 0 Å². The third-order valence-corrected chi connectivity index (χ3v) is 3.36. The summed E-state index contributed by atoms with van der Waals surface area (Å²) in [6, 6.07) is 0. The van der Waals surface area contributed by atoms with Gasteiger partial charge >= 0.3 is 0 Å². The van der Waals surface area contributed by atoms with Gasteiger partial charge in [0.25, 0.3) is 0 Å². The van der Waals surface area contributed by atoms with Gasteiger partial charge in [-0.2, -0.15) is 0 Å². The fourth-order valence-electron chi connectivity index (χ4n) is 2.35. The Morgan fingerprint density at radius 2 is 1.88 bits per heavy atom. The third-order valence-electron chi connectivity index (χ3n) is 3.36. The van der Waals surface area contributed by atoms with Crippen molar-refractivity contribution in [2.75, 3.05) is 45.8 Å². The second kappa shape index (κ2) is 7.34. The van der Waals surface area contributed by atoms with Gasteiger partial charge in [0.1, 0.15) is 0 Å². The highest BCUT2D eigenvalue weighted by Crippen LogP contribution is 2.16.